The highest BCUT2D eigenvalue weighted by Crippen LogP contribution is 2.61. The van der Waals surface area contributed by atoms with Crippen LogP contribution in [0.3, 0.4) is 0 Å². The number of imide groups is 1. The summed E-state index contributed by atoms with van der Waals surface area (Å²) >= 11 is 0. The molecule has 4 bridgehead atoms. The van der Waals surface area contributed by atoms with Crippen molar-refractivity contribution < 1.29 is 18.0 Å². The molecule has 27 heavy (non-hydrogen) atoms. The Kier molecular flexibility index (Phi) is 5.75. The fourth-order valence-corrected chi connectivity index (χ4v) is 6.78. The van der Waals surface area contributed by atoms with E-state index in [0.29, 0.717) is 6.42 Å². The number of unbranched alkanes of at least 4 members (excludes halogenated alkanes) is 1. The molecule has 4 fully saturated rings. The topological polar surface area (TPSA) is 95.6 Å². The van der Waals surface area contributed by atoms with Gasteiger partial charge < -0.3 is 5.32 Å². The molecular weight excluding hydrogens is 366 g/mol. The number of amides is 4. The number of nitrogens with zero attached hydrogens (tertiary/aromatic N) is 1. The number of hydrogen-bond acceptors (Lipinski definition) is 4. The highest BCUT2D eigenvalue weighted by molar-refractivity contribution is 7.88. The smallest absolute Gasteiger partial charge is 0.335 e. The van der Waals surface area contributed by atoms with Crippen LogP contribution in [0.4, 0.5) is 9.59 Å². The Morgan fingerprint density at radius 2 is 1.63 bits per heavy atom. The summed E-state index contributed by atoms with van der Waals surface area (Å²) in [6.45, 7) is 4.03. The number of hydrogen-bond donors (Lipinski definition) is 2. The molecule has 0 aliphatic heterocycles. The zero-order chi connectivity index (χ0) is 19.8. The molecule has 1 unspecified atom stereocenters. The summed E-state index contributed by atoms with van der Waals surface area (Å²) in [5.74, 6) is 2.33. The van der Waals surface area contributed by atoms with Crippen molar-refractivity contribution in [3.05, 3.63) is 0 Å². The monoisotopic (exact) mass is 399 g/mol. The van der Waals surface area contributed by atoms with E-state index in [1.165, 1.54) is 19.3 Å². The minimum absolute atomic E-state index is 0.0268. The zero-order valence-electron chi connectivity index (χ0n) is 16.7. The van der Waals surface area contributed by atoms with E-state index in [1.807, 2.05) is 13.8 Å². The second kappa shape index (κ2) is 7.60. The van der Waals surface area contributed by atoms with Gasteiger partial charge in [-0.05, 0) is 75.0 Å². The molecule has 0 radical (unpaired) electrons. The van der Waals surface area contributed by atoms with Crippen molar-refractivity contribution in [2.45, 2.75) is 71.3 Å². The van der Waals surface area contributed by atoms with Crippen LogP contribution in [-0.4, -0.2) is 43.6 Å². The third kappa shape index (κ3) is 4.41. The van der Waals surface area contributed by atoms with Crippen molar-refractivity contribution in [2.75, 3.05) is 12.8 Å². The molecule has 0 aromatic carbocycles. The largest absolute Gasteiger partial charge is 0.339 e. The Hall–Kier alpha value is -1.31. The molecule has 2 N–H and O–H groups in total. The average molecular weight is 400 g/mol. The summed E-state index contributed by atoms with van der Waals surface area (Å²) in [6.07, 6.45) is 9.76. The Morgan fingerprint density at radius 1 is 1.11 bits per heavy atom. The van der Waals surface area contributed by atoms with Crippen LogP contribution in [0.5, 0.6) is 0 Å². The third-order valence-corrected chi connectivity index (χ3v) is 8.06. The van der Waals surface area contributed by atoms with Crippen molar-refractivity contribution >= 4 is 22.1 Å². The maximum Gasteiger partial charge on any atom is 0.339 e. The third-order valence-electron chi connectivity index (χ3n) is 6.91. The summed E-state index contributed by atoms with van der Waals surface area (Å²) in [7, 11) is -3.71. The van der Waals surface area contributed by atoms with Gasteiger partial charge in [0.2, 0.25) is 10.0 Å². The SMILES string of the molecule is CCCCN(C(=O)NC(=O)NC(C)C12CC3CC(CC(C3)C1)C2)S(C)(=O)=O. The first-order chi connectivity index (χ1) is 12.6. The van der Waals surface area contributed by atoms with Gasteiger partial charge >= 0.3 is 12.1 Å². The lowest BCUT2D eigenvalue weighted by molar-refractivity contribution is -0.0681. The summed E-state index contributed by atoms with van der Waals surface area (Å²) in [4.78, 5) is 24.7. The van der Waals surface area contributed by atoms with E-state index >= 15 is 0 Å². The fourth-order valence-electron chi connectivity index (χ4n) is 5.97. The summed E-state index contributed by atoms with van der Waals surface area (Å²) in [5.41, 5.74) is 0.133. The Labute approximate surface area is 162 Å². The molecule has 0 heterocycles. The van der Waals surface area contributed by atoms with Crippen molar-refractivity contribution in [1.82, 2.24) is 14.9 Å². The molecule has 4 rings (SSSR count). The lowest BCUT2D eigenvalue weighted by Crippen LogP contribution is -2.58. The van der Waals surface area contributed by atoms with Crippen molar-refractivity contribution in [3.8, 4) is 0 Å². The summed E-state index contributed by atoms with van der Waals surface area (Å²) in [5, 5.41) is 5.15. The van der Waals surface area contributed by atoms with Gasteiger partial charge in [-0.15, -0.1) is 0 Å². The highest BCUT2D eigenvalue weighted by Gasteiger charge is 2.53. The van der Waals surface area contributed by atoms with Crippen LogP contribution in [0.2, 0.25) is 0 Å². The van der Waals surface area contributed by atoms with E-state index in [2.05, 4.69) is 10.6 Å². The molecule has 0 aromatic rings. The summed E-state index contributed by atoms with van der Waals surface area (Å²) < 4.78 is 24.4. The van der Waals surface area contributed by atoms with Crippen LogP contribution in [0.25, 0.3) is 0 Å². The predicted octanol–water partition coefficient (Wildman–Crippen LogP) is 3.07. The number of carbonyl (C=O) groups is 2. The molecule has 1 atom stereocenters. The molecule has 0 spiro atoms. The molecule has 7 nitrogen and oxygen atoms in total. The Bertz CT molecular complexity index is 656. The van der Waals surface area contributed by atoms with Gasteiger partial charge in [-0.2, -0.15) is 0 Å². The molecule has 4 aliphatic carbocycles. The van der Waals surface area contributed by atoms with Gasteiger partial charge in [-0.1, -0.05) is 13.3 Å². The lowest BCUT2D eigenvalue weighted by atomic mass is 9.48. The van der Waals surface area contributed by atoms with E-state index in [1.54, 1.807) is 0 Å². The van der Waals surface area contributed by atoms with E-state index < -0.39 is 22.1 Å². The Balaban J connectivity index is 1.59. The lowest BCUT2D eigenvalue weighted by Gasteiger charge is -2.59. The van der Waals surface area contributed by atoms with Crippen LogP contribution in [0.15, 0.2) is 0 Å². The maximum atomic E-state index is 12.4. The molecule has 4 aliphatic rings. The van der Waals surface area contributed by atoms with Crippen LogP contribution < -0.4 is 10.6 Å². The van der Waals surface area contributed by atoms with Crippen molar-refractivity contribution in [3.63, 3.8) is 0 Å². The first kappa shape index (κ1) is 20.4. The number of carbonyl (C=O) groups excluding carboxylic acids is 2. The van der Waals surface area contributed by atoms with Gasteiger partial charge in [0, 0.05) is 12.6 Å². The first-order valence-corrected chi connectivity index (χ1v) is 12.1. The molecule has 0 saturated heterocycles. The molecular formula is C19H33N3O4S. The van der Waals surface area contributed by atoms with Gasteiger partial charge in [0.25, 0.3) is 0 Å². The molecule has 8 heteroatoms. The maximum absolute atomic E-state index is 12.4. The van der Waals surface area contributed by atoms with Gasteiger partial charge in [-0.25, -0.2) is 22.3 Å². The van der Waals surface area contributed by atoms with E-state index in [-0.39, 0.29) is 18.0 Å². The van der Waals surface area contributed by atoms with Crippen LogP contribution in [0, 0.1) is 23.2 Å². The van der Waals surface area contributed by atoms with Gasteiger partial charge in [0.15, 0.2) is 0 Å². The molecule has 4 saturated carbocycles. The normalized spacial score (nSPS) is 32.8. The first-order valence-electron chi connectivity index (χ1n) is 10.2. The van der Waals surface area contributed by atoms with Crippen molar-refractivity contribution in [2.24, 2.45) is 23.2 Å². The van der Waals surface area contributed by atoms with Gasteiger partial charge in [0.1, 0.15) is 0 Å². The molecule has 0 aromatic heterocycles. The predicted molar refractivity (Wildman–Crippen MR) is 104 cm³/mol. The zero-order valence-corrected chi connectivity index (χ0v) is 17.5. The van der Waals surface area contributed by atoms with Gasteiger partial charge in [0.05, 0.1) is 6.26 Å². The number of rotatable bonds is 6. The average Bonchev–Trinajstić information content (AvgIpc) is 2.52. The Morgan fingerprint density at radius 3 is 2.07 bits per heavy atom. The van der Waals surface area contributed by atoms with E-state index in [4.69, 9.17) is 0 Å². The van der Waals surface area contributed by atoms with Gasteiger partial charge in [-0.3, -0.25) is 5.32 Å². The van der Waals surface area contributed by atoms with Crippen LogP contribution in [-0.2, 0) is 10.0 Å². The minimum atomic E-state index is -3.71. The second-order valence-corrected chi connectivity index (χ2v) is 11.0. The highest BCUT2D eigenvalue weighted by atomic mass is 32.2. The summed E-state index contributed by atoms with van der Waals surface area (Å²) in [6, 6.07) is -1.50. The quantitative estimate of drug-likeness (QED) is 0.717. The van der Waals surface area contributed by atoms with E-state index in [0.717, 1.165) is 54.0 Å². The second-order valence-electron chi connectivity index (χ2n) is 9.09. The number of nitrogens with one attached hydrogen (secondary N) is 2. The molecule has 154 valence electrons. The van der Waals surface area contributed by atoms with E-state index in [9.17, 15) is 18.0 Å². The number of urea groups is 2. The standard InChI is InChI=1S/C19H33N3O4S/c1-4-5-6-22(27(3,25)26)18(24)21-17(23)20-13(2)19-10-14-7-15(11-19)9-16(8-14)12-19/h13-16H,4-12H2,1-3H3,(H2,20,21,23,24). The number of sulfonamides is 1. The van der Waals surface area contributed by atoms with Crippen LogP contribution in [0.1, 0.15) is 65.2 Å². The molecule has 4 amide bonds. The van der Waals surface area contributed by atoms with Crippen molar-refractivity contribution in [1.29, 1.82) is 0 Å². The fraction of sp³-hybridized carbons (Fsp3) is 0.895. The van der Waals surface area contributed by atoms with Crippen LogP contribution >= 0.6 is 0 Å². The minimum Gasteiger partial charge on any atom is -0.335 e.